The van der Waals surface area contributed by atoms with Crippen LogP contribution in [0.2, 0.25) is 0 Å². The lowest BCUT2D eigenvalue weighted by molar-refractivity contribution is -0.135. The highest BCUT2D eigenvalue weighted by Gasteiger charge is 2.46. The van der Waals surface area contributed by atoms with Crippen LogP contribution in [-0.2, 0) is 4.79 Å². The molecule has 90 valence electrons. The number of carbonyl (C=O) groups is 1. The van der Waals surface area contributed by atoms with Crippen LogP contribution in [0.1, 0.15) is 32.1 Å². The van der Waals surface area contributed by atoms with Gasteiger partial charge < -0.3 is 15.8 Å². The summed E-state index contributed by atoms with van der Waals surface area (Å²) in [5.74, 6) is 0.513. The summed E-state index contributed by atoms with van der Waals surface area (Å²) in [6.07, 6.45) is 5.98. The first-order chi connectivity index (χ1) is 8.21. The van der Waals surface area contributed by atoms with Crippen LogP contribution in [0.5, 0.6) is 5.88 Å². The molecule has 6 heteroatoms. The number of hydrogen-bond donors (Lipinski definition) is 2. The number of rotatable bonds is 0. The van der Waals surface area contributed by atoms with E-state index in [1.54, 1.807) is 0 Å². The van der Waals surface area contributed by atoms with Crippen LogP contribution in [-0.4, -0.2) is 21.5 Å². The lowest BCUT2D eigenvalue weighted by Crippen LogP contribution is -2.52. The number of aromatic nitrogens is 2. The second-order valence-corrected chi connectivity index (χ2v) is 4.55. The number of anilines is 2. The van der Waals surface area contributed by atoms with E-state index in [4.69, 9.17) is 10.5 Å². The summed E-state index contributed by atoms with van der Waals surface area (Å²) in [7, 11) is 0. The highest BCUT2D eigenvalue weighted by molar-refractivity contribution is 6.02. The summed E-state index contributed by atoms with van der Waals surface area (Å²) in [6.45, 7) is 0. The minimum Gasteiger partial charge on any atom is -0.459 e. The normalized spacial score (nSPS) is 21.5. The van der Waals surface area contributed by atoms with Gasteiger partial charge in [-0.2, -0.15) is 4.98 Å². The van der Waals surface area contributed by atoms with Gasteiger partial charge >= 0.3 is 0 Å². The molecule has 1 aliphatic heterocycles. The number of nitrogen functional groups attached to an aromatic ring is 1. The molecule has 1 saturated carbocycles. The number of ether oxygens (including phenoxy) is 1. The van der Waals surface area contributed by atoms with Crippen molar-refractivity contribution in [2.75, 3.05) is 11.1 Å². The van der Waals surface area contributed by atoms with Crippen LogP contribution in [0.3, 0.4) is 0 Å². The lowest BCUT2D eigenvalue weighted by Gasteiger charge is -2.39. The SMILES string of the molecule is Nc1ncnc2c1NC(=O)C1(CCCCC1)O2. The maximum atomic E-state index is 12.1. The Morgan fingerprint density at radius 1 is 1.29 bits per heavy atom. The Bertz CT molecular complexity index is 469. The quantitative estimate of drug-likeness (QED) is 0.701. The van der Waals surface area contributed by atoms with Gasteiger partial charge in [0.25, 0.3) is 5.91 Å². The molecule has 1 amide bonds. The molecule has 1 fully saturated rings. The van der Waals surface area contributed by atoms with Crippen LogP contribution in [0.15, 0.2) is 6.33 Å². The van der Waals surface area contributed by atoms with E-state index in [1.807, 2.05) is 0 Å². The summed E-state index contributed by atoms with van der Waals surface area (Å²) in [6, 6.07) is 0. The first-order valence-corrected chi connectivity index (χ1v) is 5.82. The van der Waals surface area contributed by atoms with Gasteiger partial charge in [0, 0.05) is 0 Å². The highest BCUT2D eigenvalue weighted by atomic mass is 16.5. The second-order valence-electron chi connectivity index (χ2n) is 4.55. The van der Waals surface area contributed by atoms with Gasteiger partial charge in [0.15, 0.2) is 11.4 Å². The molecule has 0 bridgehead atoms. The summed E-state index contributed by atoms with van der Waals surface area (Å²) in [5.41, 5.74) is 5.33. The van der Waals surface area contributed by atoms with E-state index in [0.29, 0.717) is 11.6 Å². The maximum absolute atomic E-state index is 12.1. The molecule has 0 saturated heterocycles. The van der Waals surface area contributed by atoms with Crippen molar-refractivity contribution in [2.24, 2.45) is 0 Å². The fourth-order valence-corrected chi connectivity index (χ4v) is 2.49. The van der Waals surface area contributed by atoms with Crippen molar-refractivity contribution in [1.82, 2.24) is 9.97 Å². The zero-order chi connectivity index (χ0) is 11.9. The Labute approximate surface area is 98.6 Å². The molecule has 3 N–H and O–H groups in total. The number of nitrogens with one attached hydrogen (secondary N) is 1. The van der Waals surface area contributed by atoms with E-state index in [2.05, 4.69) is 15.3 Å². The molecule has 0 radical (unpaired) electrons. The fraction of sp³-hybridized carbons (Fsp3) is 0.545. The Morgan fingerprint density at radius 3 is 2.82 bits per heavy atom. The molecule has 1 aromatic heterocycles. The van der Waals surface area contributed by atoms with Crippen LogP contribution < -0.4 is 15.8 Å². The number of carbonyl (C=O) groups excluding carboxylic acids is 1. The molecule has 6 nitrogen and oxygen atoms in total. The van der Waals surface area contributed by atoms with Gasteiger partial charge in [-0.15, -0.1) is 0 Å². The number of nitrogens with two attached hydrogens (primary N) is 1. The monoisotopic (exact) mass is 234 g/mol. The van der Waals surface area contributed by atoms with Crippen LogP contribution in [0.25, 0.3) is 0 Å². The summed E-state index contributed by atoms with van der Waals surface area (Å²) >= 11 is 0. The Morgan fingerprint density at radius 2 is 2.06 bits per heavy atom. The molecular formula is C11H14N4O2. The Balaban J connectivity index is 2.00. The van der Waals surface area contributed by atoms with Crippen molar-refractivity contribution < 1.29 is 9.53 Å². The van der Waals surface area contributed by atoms with Gasteiger partial charge in [0.05, 0.1) is 0 Å². The van der Waals surface area contributed by atoms with Crippen molar-refractivity contribution in [3.63, 3.8) is 0 Å². The van der Waals surface area contributed by atoms with Gasteiger partial charge in [-0.25, -0.2) is 4.98 Å². The minimum absolute atomic E-state index is 0.119. The predicted molar refractivity (Wildman–Crippen MR) is 61.5 cm³/mol. The largest absolute Gasteiger partial charge is 0.459 e. The zero-order valence-corrected chi connectivity index (χ0v) is 9.40. The van der Waals surface area contributed by atoms with E-state index < -0.39 is 5.60 Å². The summed E-state index contributed by atoms with van der Waals surface area (Å²) < 4.78 is 5.81. The standard InChI is InChI=1S/C11H14N4O2/c12-8-7-9(14-6-13-8)17-11(10(16)15-7)4-2-1-3-5-11/h6H,1-5H2,(H,15,16)(H2,12,13,14). The first kappa shape index (κ1) is 10.3. The molecular weight excluding hydrogens is 220 g/mol. The maximum Gasteiger partial charge on any atom is 0.268 e. The molecule has 2 aliphatic rings. The van der Waals surface area contributed by atoms with Gasteiger partial charge in [0.2, 0.25) is 5.88 Å². The van der Waals surface area contributed by atoms with Crippen molar-refractivity contribution >= 4 is 17.4 Å². The van der Waals surface area contributed by atoms with Crippen molar-refractivity contribution in [1.29, 1.82) is 0 Å². The van der Waals surface area contributed by atoms with Crippen LogP contribution in [0.4, 0.5) is 11.5 Å². The number of fused-ring (bicyclic) bond motifs is 1. The van der Waals surface area contributed by atoms with Gasteiger partial charge in [0.1, 0.15) is 12.0 Å². The third-order valence-electron chi connectivity index (χ3n) is 3.45. The molecule has 17 heavy (non-hydrogen) atoms. The molecule has 3 rings (SSSR count). The van der Waals surface area contributed by atoms with E-state index in [0.717, 1.165) is 32.1 Å². The Kier molecular flexibility index (Phi) is 2.17. The smallest absolute Gasteiger partial charge is 0.268 e. The number of amides is 1. The van der Waals surface area contributed by atoms with Gasteiger partial charge in [-0.05, 0) is 25.7 Å². The van der Waals surface area contributed by atoms with Crippen LogP contribution in [0, 0.1) is 0 Å². The average Bonchev–Trinajstić information content (AvgIpc) is 2.33. The molecule has 0 aromatic carbocycles. The molecule has 0 unspecified atom stereocenters. The molecule has 2 heterocycles. The topological polar surface area (TPSA) is 90.1 Å². The number of hydrogen-bond acceptors (Lipinski definition) is 5. The van der Waals surface area contributed by atoms with E-state index in [9.17, 15) is 4.79 Å². The molecule has 0 atom stereocenters. The van der Waals surface area contributed by atoms with Crippen LogP contribution >= 0.6 is 0 Å². The minimum atomic E-state index is -0.744. The van der Waals surface area contributed by atoms with Gasteiger partial charge in [-0.3, -0.25) is 4.79 Å². The Hall–Kier alpha value is -1.85. The highest BCUT2D eigenvalue weighted by Crippen LogP contribution is 2.40. The molecule has 1 spiro atoms. The van der Waals surface area contributed by atoms with Crippen molar-refractivity contribution in [3.8, 4) is 5.88 Å². The average molecular weight is 234 g/mol. The predicted octanol–water partition coefficient (Wildman–Crippen LogP) is 1.09. The number of nitrogens with zero attached hydrogens (tertiary/aromatic N) is 2. The molecule has 1 aromatic rings. The van der Waals surface area contributed by atoms with Gasteiger partial charge in [-0.1, -0.05) is 6.42 Å². The second kappa shape index (κ2) is 3.58. The summed E-state index contributed by atoms with van der Waals surface area (Å²) in [5, 5.41) is 2.77. The third kappa shape index (κ3) is 1.51. The first-order valence-electron chi connectivity index (χ1n) is 5.82. The van der Waals surface area contributed by atoms with Crippen molar-refractivity contribution in [3.05, 3.63) is 6.33 Å². The van der Waals surface area contributed by atoms with E-state index >= 15 is 0 Å². The summed E-state index contributed by atoms with van der Waals surface area (Å²) in [4.78, 5) is 20.0. The van der Waals surface area contributed by atoms with Crippen molar-refractivity contribution in [2.45, 2.75) is 37.7 Å². The molecule has 1 aliphatic carbocycles. The zero-order valence-electron chi connectivity index (χ0n) is 9.40. The van der Waals surface area contributed by atoms with E-state index in [-0.39, 0.29) is 11.7 Å². The third-order valence-corrected chi connectivity index (χ3v) is 3.45. The fourth-order valence-electron chi connectivity index (χ4n) is 2.49. The lowest BCUT2D eigenvalue weighted by atomic mass is 9.83. The van der Waals surface area contributed by atoms with E-state index in [1.165, 1.54) is 6.33 Å².